The predicted molar refractivity (Wildman–Crippen MR) is 124 cm³/mol. The van der Waals surface area contributed by atoms with Crippen LogP contribution in [0.5, 0.6) is 5.75 Å². The first kappa shape index (κ1) is 24.0. The lowest BCUT2D eigenvalue weighted by Crippen LogP contribution is -2.31. The molecule has 0 fully saturated rings. The van der Waals surface area contributed by atoms with Crippen LogP contribution >= 0.6 is 0 Å². The van der Waals surface area contributed by atoms with E-state index in [0.29, 0.717) is 5.75 Å². The topological polar surface area (TPSA) is 35.5 Å². The van der Waals surface area contributed by atoms with Crippen LogP contribution in [0, 0.1) is 0 Å². The van der Waals surface area contributed by atoms with E-state index in [1.54, 1.807) is 0 Å². The molecular formula is C27H38O3. The number of hydrogen-bond donors (Lipinski definition) is 0. The van der Waals surface area contributed by atoms with Crippen LogP contribution in [0.3, 0.4) is 0 Å². The highest BCUT2D eigenvalue weighted by Crippen LogP contribution is 2.34. The molecule has 0 N–H and O–H groups in total. The maximum Gasteiger partial charge on any atom is 0.514 e. The van der Waals surface area contributed by atoms with E-state index in [2.05, 4.69) is 58.9 Å². The second-order valence-electron chi connectivity index (χ2n) is 9.58. The third kappa shape index (κ3) is 5.44. The summed E-state index contributed by atoms with van der Waals surface area (Å²) >= 11 is 0. The van der Waals surface area contributed by atoms with Crippen molar-refractivity contribution in [1.29, 1.82) is 0 Å². The van der Waals surface area contributed by atoms with Gasteiger partial charge in [0.05, 0.1) is 0 Å². The van der Waals surface area contributed by atoms with Gasteiger partial charge in [-0.2, -0.15) is 0 Å². The Morgan fingerprint density at radius 3 is 1.57 bits per heavy atom. The van der Waals surface area contributed by atoms with Crippen molar-refractivity contribution in [3.63, 3.8) is 0 Å². The van der Waals surface area contributed by atoms with Crippen molar-refractivity contribution >= 4 is 6.16 Å². The SMILES string of the molecule is CCC(C)(CC)OC(=O)Oc1ccc(C(C)(C)c2ccc(C(C)(C)CC)cc2)cc1. The minimum atomic E-state index is -0.651. The molecule has 0 radical (unpaired) electrons. The average molecular weight is 411 g/mol. The van der Waals surface area contributed by atoms with Crippen LogP contribution in [-0.4, -0.2) is 11.8 Å². The second-order valence-corrected chi connectivity index (χ2v) is 9.58. The maximum atomic E-state index is 12.1. The minimum absolute atomic E-state index is 0.156. The molecule has 3 heteroatoms. The molecule has 2 aromatic rings. The van der Waals surface area contributed by atoms with Gasteiger partial charge in [-0.3, -0.25) is 0 Å². The van der Waals surface area contributed by atoms with Crippen molar-refractivity contribution in [3.8, 4) is 5.75 Å². The van der Waals surface area contributed by atoms with E-state index >= 15 is 0 Å². The van der Waals surface area contributed by atoms with Crippen LogP contribution in [0.2, 0.25) is 0 Å². The molecule has 0 aliphatic carbocycles. The van der Waals surface area contributed by atoms with Gasteiger partial charge in [0.1, 0.15) is 11.4 Å². The van der Waals surface area contributed by atoms with Gasteiger partial charge < -0.3 is 9.47 Å². The summed E-state index contributed by atoms with van der Waals surface area (Å²) in [6.45, 7) is 17.1. The number of rotatable bonds is 8. The zero-order chi connectivity index (χ0) is 22.6. The summed E-state index contributed by atoms with van der Waals surface area (Å²) in [5.74, 6) is 0.495. The molecule has 0 amide bonds. The number of hydrogen-bond acceptors (Lipinski definition) is 3. The summed E-state index contributed by atoms with van der Waals surface area (Å²) < 4.78 is 10.9. The Kier molecular flexibility index (Phi) is 7.39. The monoisotopic (exact) mass is 410 g/mol. The van der Waals surface area contributed by atoms with Crippen LogP contribution in [0.1, 0.15) is 91.3 Å². The van der Waals surface area contributed by atoms with Gasteiger partial charge in [0.2, 0.25) is 0 Å². The van der Waals surface area contributed by atoms with Crippen molar-refractivity contribution < 1.29 is 14.3 Å². The fraction of sp³-hybridized carbons (Fsp3) is 0.519. The van der Waals surface area contributed by atoms with Crippen LogP contribution in [0.4, 0.5) is 4.79 Å². The number of carbonyl (C=O) groups excluding carboxylic acids is 1. The summed E-state index contributed by atoms with van der Waals surface area (Å²) in [4.78, 5) is 12.1. The Morgan fingerprint density at radius 1 is 0.700 bits per heavy atom. The van der Waals surface area contributed by atoms with Crippen molar-refractivity contribution in [3.05, 3.63) is 65.2 Å². The molecule has 30 heavy (non-hydrogen) atoms. The van der Waals surface area contributed by atoms with Crippen molar-refractivity contribution in [1.82, 2.24) is 0 Å². The van der Waals surface area contributed by atoms with E-state index in [1.165, 1.54) is 11.1 Å². The largest absolute Gasteiger partial charge is 0.514 e. The minimum Gasteiger partial charge on any atom is -0.428 e. The van der Waals surface area contributed by atoms with Crippen LogP contribution in [-0.2, 0) is 15.6 Å². The van der Waals surface area contributed by atoms with E-state index in [1.807, 2.05) is 45.0 Å². The number of carbonyl (C=O) groups is 1. The quantitative estimate of drug-likeness (QED) is 0.329. The highest BCUT2D eigenvalue weighted by molar-refractivity contribution is 5.64. The molecule has 0 aromatic heterocycles. The zero-order valence-electron chi connectivity index (χ0n) is 20.0. The van der Waals surface area contributed by atoms with Gasteiger partial charge in [-0.1, -0.05) is 84.9 Å². The molecule has 0 spiro atoms. The first-order chi connectivity index (χ1) is 14.0. The zero-order valence-corrected chi connectivity index (χ0v) is 20.0. The molecule has 0 aliphatic rings. The molecule has 0 atom stereocenters. The average Bonchev–Trinajstić information content (AvgIpc) is 2.74. The van der Waals surface area contributed by atoms with Gasteiger partial charge in [0.25, 0.3) is 0 Å². The van der Waals surface area contributed by atoms with Gasteiger partial charge in [0.15, 0.2) is 0 Å². The molecule has 3 nitrogen and oxygen atoms in total. The van der Waals surface area contributed by atoms with Crippen molar-refractivity contribution in [2.45, 2.75) is 91.1 Å². The highest BCUT2D eigenvalue weighted by atomic mass is 16.7. The van der Waals surface area contributed by atoms with Crippen molar-refractivity contribution in [2.24, 2.45) is 0 Å². The summed E-state index contributed by atoms with van der Waals surface area (Å²) in [7, 11) is 0. The molecule has 0 aliphatic heterocycles. The van der Waals surface area contributed by atoms with E-state index in [0.717, 1.165) is 24.8 Å². The van der Waals surface area contributed by atoms with Crippen molar-refractivity contribution in [2.75, 3.05) is 0 Å². The summed E-state index contributed by atoms with van der Waals surface area (Å²) in [5.41, 5.74) is 3.32. The Morgan fingerprint density at radius 2 is 1.13 bits per heavy atom. The fourth-order valence-electron chi connectivity index (χ4n) is 3.36. The molecule has 0 unspecified atom stereocenters. The Bertz CT molecular complexity index is 825. The number of benzene rings is 2. The lowest BCUT2D eigenvalue weighted by molar-refractivity contribution is -0.00724. The van der Waals surface area contributed by atoms with Crippen LogP contribution in [0.15, 0.2) is 48.5 Å². The van der Waals surface area contributed by atoms with E-state index in [4.69, 9.17) is 9.47 Å². The Labute approximate surface area is 182 Å². The highest BCUT2D eigenvalue weighted by Gasteiger charge is 2.27. The summed E-state index contributed by atoms with van der Waals surface area (Å²) in [6, 6.07) is 16.6. The van der Waals surface area contributed by atoms with Gasteiger partial charge in [-0.25, -0.2) is 4.79 Å². The smallest absolute Gasteiger partial charge is 0.428 e. The molecule has 0 heterocycles. The first-order valence-electron chi connectivity index (χ1n) is 11.1. The molecular weight excluding hydrogens is 372 g/mol. The van der Waals surface area contributed by atoms with Crippen LogP contribution in [0.25, 0.3) is 0 Å². The van der Waals surface area contributed by atoms with E-state index in [-0.39, 0.29) is 10.8 Å². The molecule has 2 rings (SSSR count). The third-order valence-corrected chi connectivity index (χ3v) is 6.87. The van der Waals surface area contributed by atoms with Gasteiger partial charge in [-0.05, 0) is 60.4 Å². The van der Waals surface area contributed by atoms with Gasteiger partial charge in [-0.15, -0.1) is 0 Å². The number of ether oxygens (including phenoxy) is 2. The molecule has 0 bridgehead atoms. The predicted octanol–water partition coefficient (Wildman–Crippen LogP) is 7.79. The Balaban J connectivity index is 2.14. The van der Waals surface area contributed by atoms with Gasteiger partial charge >= 0.3 is 6.16 Å². The van der Waals surface area contributed by atoms with E-state index < -0.39 is 11.8 Å². The molecule has 2 aromatic carbocycles. The lowest BCUT2D eigenvalue weighted by atomic mass is 9.76. The van der Waals surface area contributed by atoms with Gasteiger partial charge in [0, 0.05) is 5.41 Å². The molecule has 0 saturated heterocycles. The molecule has 0 saturated carbocycles. The summed E-state index contributed by atoms with van der Waals surface area (Å²) in [6.07, 6.45) is 1.96. The molecule has 164 valence electrons. The lowest BCUT2D eigenvalue weighted by Gasteiger charge is -2.29. The second kappa shape index (κ2) is 9.24. The standard InChI is InChI=1S/C27H38O3/c1-9-25(4,5)20-12-14-21(15-13-20)26(6,7)22-16-18-23(19-17-22)29-24(28)30-27(8,10-2)11-3/h12-19H,9-11H2,1-8H3. The maximum absolute atomic E-state index is 12.1. The fourth-order valence-corrected chi connectivity index (χ4v) is 3.36. The first-order valence-corrected chi connectivity index (χ1v) is 11.1. The van der Waals surface area contributed by atoms with E-state index in [9.17, 15) is 4.79 Å². The third-order valence-electron chi connectivity index (χ3n) is 6.87. The van der Waals surface area contributed by atoms with Crippen LogP contribution < -0.4 is 4.74 Å². The summed E-state index contributed by atoms with van der Waals surface area (Å²) in [5, 5.41) is 0. The normalized spacial score (nSPS) is 12.5. The Hall–Kier alpha value is -2.29.